The normalized spacial score (nSPS) is 18.7. The Kier molecular flexibility index (Phi) is 6.73. The summed E-state index contributed by atoms with van der Waals surface area (Å²) >= 11 is 5.34. The molecule has 0 radical (unpaired) electrons. The van der Waals surface area contributed by atoms with Gasteiger partial charge < -0.3 is 9.15 Å². The number of benzene rings is 2. The third kappa shape index (κ3) is 5.43. The van der Waals surface area contributed by atoms with Crippen LogP contribution < -0.4 is 4.74 Å². The minimum absolute atomic E-state index is 0.0949. The second-order valence-electron chi connectivity index (χ2n) is 7.83. The lowest BCUT2D eigenvalue weighted by Gasteiger charge is -2.27. The molecule has 1 saturated heterocycles. The van der Waals surface area contributed by atoms with E-state index < -0.39 is 21.8 Å². The summed E-state index contributed by atoms with van der Waals surface area (Å²) in [5.74, 6) is 0.111. The highest BCUT2D eigenvalue weighted by atomic mass is 32.2. The molecule has 1 aliphatic rings. The molecule has 2 atom stereocenters. The molecule has 4 rings (SSSR count). The van der Waals surface area contributed by atoms with Crippen LogP contribution in [-0.4, -0.2) is 40.6 Å². The van der Waals surface area contributed by atoms with Crippen LogP contribution >= 0.6 is 12.2 Å². The Hall–Kier alpha value is -2.56. The Morgan fingerprint density at radius 1 is 1.25 bits per heavy atom. The first kappa shape index (κ1) is 22.6. The van der Waals surface area contributed by atoms with Crippen LogP contribution in [0.15, 0.2) is 59.0 Å². The lowest BCUT2D eigenvalue weighted by Crippen LogP contribution is -2.37. The second kappa shape index (κ2) is 9.51. The van der Waals surface area contributed by atoms with E-state index in [1.807, 2.05) is 35.2 Å². The molecule has 3 aromatic rings. The van der Waals surface area contributed by atoms with Gasteiger partial charge in [0.1, 0.15) is 0 Å². The van der Waals surface area contributed by atoms with Gasteiger partial charge in [0.2, 0.25) is 0 Å². The molecule has 10 heteroatoms. The van der Waals surface area contributed by atoms with E-state index in [0.717, 1.165) is 5.56 Å². The van der Waals surface area contributed by atoms with E-state index in [1.54, 1.807) is 19.1 Å². The Morgan fingerprint density at radius 3 is 2.66 bits per heavy atom. The molecule has 170 valence electrons. The molecule has 32 heavy (non-hydrogen) atoms. The van der Waals surface area contributed by atoms with Gasteiger partial charge in [0.25, 0.3) is 10.7 Å². The number of sulfone groups is 1. The number of para-hydroxylation sites is 1. The molecule has 2 aromatic carbocycles. The van der Waals surface area contributed by atoms with Crippen molar-refractivity contribution in [2.45, 2.75) is 38.7 Å². The number of hydrogen-bond donors (Lipinski definition) is 0. The number of nitrogens with zero attached hydrogens (tertiary/aromatic N) is 3. The summed E-state index contributed by atoms with van der Waals surface area (Å²) in [6.45, 7) is 2.51. The van der Waals surface area contributed by atoms with E-state index in [4.69, 9.17) is 21.4 Å². The van der Waals surface area contributed by atoms with Crippen molar-refractivity contribution in [3.63, 3.8) is 0 Å². The summed E-state index contributed by atoms with van der Waals surface area (Å²) in [5.41, 5.74) is 1.06. The summed E-state index contributed by atoms with van der Waals surface area (Å²) in [4.78, 5) is 2.19. The van der Waals surface area contributed by atoms with E-state index >= 15 is 0 Å². The van der Waals surface area contributed by atoms with Crippen LogP contribution in [0.2, 0.25) is 0 Å². The quantitative estimate of drug-likeness (QED) is 0.452. The molecule has 0 bridgehead atoms. The molecule has 0 aliphatic carbocycles. The first-order chi connectivity index (χ1) is 15.3. The lowest BCUT2D eigenvalue weighted by molar-refractivity contribution is 0.144. The van der Waals surface area contributed by atoms with Crippen LogP contribution in [0, 0.1) is 10.7 Å². The molecule has 0 saturated carbocycles. The Labute approximate surface area is 191 Å². The van der Waals surface area contributed by atoms with Gasteiger partial charge in [0, 0.05) is 12.6 Å². The van der Waals surface area contributed by atoms with Crippen molar-refractivity contribution in [1.82, 2.24) is 14.7 Å². The summed E-state index contributed by atoms with van der Waals surface area (Å²) < 4.78 is 50.8. The summed E-state index contributed by atoms with van der Waals surface area (Å²) in [5, 5.41) is 4.43. The van der Waals surface area contributed by atoms with Crippen LogP contribution in [-0.2, 0) is 23.1 Å². The van der Waals surface area contributed by atoms with E-state index in [9.17, 15) is 12.8 Å². The number of aromatic nitrogens is 2. The maximum Gasteiger partial charge on any atom is 0.288 e. The van der Waals surface area contributed by atoms with Crippen molar-refractivity contribution in [3.05, 3.63) is 76.7 Å². The predicted molar refractivity (Wildman–Crippen MR) is 120 cm³/mol. The number of rotatable bonds is 8. The van der Waals surface area contributed by atoms with Gasteiger partial charge in [-0.25, -0.2) is 17.5 Å². The maximum atomic E-state index is 13.9. The average Bonchev–Trinajstić information content (AvgIpc) is 3.32. The van der Waals surface area contributed by atoms with Gasteiger partial charge in [-0.1, -0.05) is 42.5 Å². The maximum absolute atomic E-state index is 13.9. The van der Waals surface area contributed by atoms with Gasteiger partial charge in [-0.05, 0) is 43.3 Å². The minimum Gasteiger partial charge on any atom is -0.478 e. The first-order valence-corrected chi connectivity index (χ1v) is 12.5. The van der Waals surface area contributed by atoms with E-state index in [2.05, 4.69) is 5.10 Å². The van der Waals surface area contributed by atoms with Crippen molar-refractivity contribution < 1.29 is 22.0 Å². The lowest BCUT2D eigenvalue weighted by atomic mass is 10.1. The zero-order chi connectivity index (χ0) is 22.7. The fraction of sp³-hybridized carbons (Fsp3) is 0.364. The van der Waals surface area contributed by atoms with Crippen molar-refractivity contribution in [3.8, 4) is 5.75 Å². The summed E-state index contributed by atoms with van der Waals surface area (Å²) in [6, 6.07) is 15.8. The van der Waals surface area contributed by atoms with Crippen LogP contribution in [0.4, 0.5) is 4.39 Å². The highest BCUT2D eigenvalue weighted by molar-refractivity contribution is 7.91. The topological polar surface area (TPSA) is 77.6 Å². The molecule has 1 fully saturated rings. The molecule has 1 aromatic heterocycles. The molecule has 1 aliphatic heterocycles. The number of hydrogen-bond acceptors (Lipinski definition) is 7. The van der Waals surface area contributed by atoms with Gasteiger partial charge in [-0.2, -0.15) is 0 Å². The largest absolute Gasteiger partial charge is 0.478 e. The zero-order valence-corrected chi connectivity index (χ0v) is 19.2. The predicted octanol–water partition coefficient (Wildman–Crippen LogP) is 4.13. The third-order valence-corrected chi connectivity index (χ3v) is 7.42. The fourth-order valence-electron chi connectivity index (χ4n) is 3.71. The smallest absolute Gasteiger partial charge is 0.288 e. The van der Waals surface area contributed by atoms with Crippen molar-refractivity contribution in [2.24, 2.45) is 0 Å². The van der Waals surface area contributed by atoms with Crippen molar-refractivity contribution in [1.29, 1.82) is 0 Å². The number of halogens is 1. The van der Waals surface area contributed by atoms with Crippen LogP contribution in [0.1, 0.15) is 30.9 Å². The zero-order valence-electron chi connectivity index (χ0n) is 17.6. The average molecular weight is 478 g/mol. The Balaban J connectivity index is 1.54. The molecule has 0 N–H and O–H groups in total. The van der Waals surface area contributed by atoms with E-state index in [0.29, 0.717) is 13.0 Å². The van der Waals surface area contributed by atoms with Crippen LogP contribution in [0.25, 0.3) is 0 Å². The molecule has 7 nitrogen and oxygen atoms in total. The van der Waals surface area contributed by atoms with Gasteiger partial charge >= 0.3 is 0 Å². The second-order valence-corrected chi connectivity index (χ2v) is 10.4. The van der Waals surface area contributed by atoms with E-state index in [-0.39, 0.29) is 40.7 Å². The highest BCUT2D eigenvalue weighted by Crippen LogP contribution is 2.25. The van der Waals surface area contributed by atoms with E-state index in [1.165, 1.54) is 16.8 Å². The Morgan fingerprint density at radius 2 is 1.97 bits per heavy atom. The monoisotopic (exact) mass is 477 g/mol. The fourth-order valence-corrected chi connectivity index (χ4v) is 5.65. The van der Waals surface area contributed by atoms with Crippen molar-refractivity contribution >= 4 is 22.1 Å². The third-order valence-electron chi connectivity index (χ3n) is 5.38. The summed E-state index contributed by atoms with van der Waals surface area (Å²) in [7, 11) is -3.06. The number of ether oxygens (including phenoxy) is 1. The van der Waals surface area contributed by atoms with Crippen LogP contribution in [0.5, 0.6) is 5.75 Å². The van der Waals surface area contributed by atoms with Gasteiger partial charge in [-0.15, -0.1) is 5.10 Å². The molecule has 0 spiro atoms. The standard InChI is InChI=1S/C22H24FN3O4S2/c1-16(29-20-10-6-5-9-19(20)23)21-24-26(22(31)30-21)15-25(13-17-7-3-2-4-8-17)18-11-12-32(27,28)14-18/h2-10,16,18H,11-15H2,1H3/t16-,18+/m0/s1. The molecule has 0 amide bonds. The molecule has 0 unspecified atom stereocenters. The summed E-state index contributed by atoms with van der Waals surface area (Å²) in [6.07, 6.45) is -0.107. The van der Waals surface area contributed by atoms with Crippen LogP contribution in [0.3, 0.4) is 0 Å². The van der Waals surface area contributed by atoms with Gasteiger partial charge in [0.15, 0.2) is 27.5 Å². The molecular formula is C22H24FN3O4S2. The highest BCUT2D eigenvalue weighted by Gasteiger charge is 2.33. The van der Waals surface area contributed by atoms with Gasteiger partial charge in [0.05, 0.1) is 18.2 Å². The van der Waals surface area contributed by atoms with Crippen molar-refractivity contribution in [2.75, 3.05) is 11.5 Å². The minimum atomic E-state index is -3.06. The SMILES string of the molecule is C[C@H](Oc1ccccc1F)c1nn(CN(Cc2ccccc2)[C@@H]2CCS(=O)(=O)C2)c(=S)o1. The molecule has 2 heterocycles. The molecular weight excluding hydrogens is 453 g/mol. The first-order valence-electron chi connectivity index (χ1n) is 10.3. The Bertz CT molecular complexity index is 1230. The van der Waals surface area contributed by atoms with Gasteiger partial charge in [-0.3, -0.25) is 4.90 Å².